The molecule has 340 valence electrons. The summed E-state index contributed by atoms with van der Waals surface area (Å²) in [5.74, 6) is -6.46. The van der Waals surface area contributed by atoms with Gasteiger partial charge in [0.1, 0.15) is 36.3 Å². The van der Waals surface area contributed by atoms with Crippen LogP contribution < -0.4 is 72.0 Å². The molecule has 1 aromatic carbocycles. The van der Waals surface area contributed by atoms with Crippen molar-refractivity contribution in [2.24, 2.45) is 55.1 Å². The standard InChI is InChI=1S/C36H62N16O8S/c1-19(53)27(47-20(2)54)33(60)51-25(17-21-9-4-3-5-10-21)31(58)52-26(18-61)32(59)50-24(13-8-16-46-36(42)43)30(57)49-23(12-7-15-45-35(40)41)29(56)48-22(28(37)55)11-6-14-44-34(38)39/h3-5,9-10,19,22-27,53,61H,6-8,11-18H2,1-2H3,(H2,37,55)(H,47,54)(H,48,56)(H,49,57)(H,50,59)(H,51,60)(H,52,58)(H4,38,39,44)(H4,40,41,45)(H4,42,43,46)/t19-,22-,23-,24-,25-,26-,27+/m1/s1. The van der Waals surface area contributed by atoms with E-state index in [1.807, 2.05) is 0 Å². The van der Waals surface area contributed by atoms with Crippen molar-refractivity contribution >= 4 is 71.9 Å². The lowest BCUT2D eigenvalue weighted by Gasteiger charge is -2.27. The summed E-state index contributed by atoms with van der Waals surface area (Å²) in [5.41, 5.74) is 38.6. The van der Waals surface area contributed by atoms with Crippen LogP contribution in [0, 0.1) is 0 Å². The monoisotopic (exact) mass is 878 g/mol. The van der Waals surface area contributed by atoms with Crippen LogP contribution >= 0.6 is 12.6 Å². The van der Waals surface area contributed by atoms with Gasteiger partial charge in [-0.05, 0) is 51.0 Å². The molecule has 1 aromatic rings. The summed E-state index contributed by atoms with van der Waals surface area (Å²) < 4.78 is 0. The molecule has 0 heterocycles. The number of amides is 7. The first-order valence-electron chi connectivity index (χ1n) is 19.3. The lowest BCUT2D eigenvalue weighted by atomic mass is 10.0. The van der Waals surface area contributed by atoms with Crippen LogP contribution in [-0.2, 0) is 40.0 Å². The maximum Gasteiger partial charge on any atom is 0.245 e. The second kappa shape index (κ2) is 28.2. The minimum absolute atomic E-state index is 0.0236. The molecule has 0 bridgehead atoms. The predicted molar refractivity (Wildman–Crippen MR) is 232 cm³/mol. The highest BCUT2D eigenvalue weighted by Gasteiger charge is 2.33. The summed E-state index contributed by atoms with van der Waals surface area (Å²) in [4.78, 5) is 104. The highest BCUT2D eigenvalue weighted by Crippen LogP contribution is 2.09. The largest absolute Gasteiger partial charge is 0.391 e. The fraction of sp³-hybridized carbons (Fsp3) is 0.556. The van der Waals surface area contributed by atoms with Crippen molar-refractivity contribution in [1.29, 1.82) is 0 Å². The molecular formula is C36H62N16O8S. The SMILES string of the molecule is CC(=O)N[C@H](C(=O)N[C@H](Cc1ccccc1)C(=O)N[C@H](CS)C(=O)N[C@H](CCCN=C(N)N)C(=O)N[C@H](CCCN=C(N)N)C(=O)N[C@H](CCCN=C(N)N)C(N)=O)[C@@H](C)O. The van der Waals surface area contributed by atoms with Gasteiger partial charge in [0.15, 0.2) is 17.9 Å². The Kier molecular flexibility index (Phi) is 24.3. The summed E-state index contributed by atoms with van der Waals surface area (Å²) in [5, 5.41) is 25.3. The fourth-order valence-corrected chi connectivity index (χ4v) is 5.82. The van der Waals surface area contributed by atoms with Crippen LogP contribution in [0.25, 0.3) is 0 Å². The molecule has 0 radical (unpaired) electrons. The second-order valence-electron chi connectivity index (χ2n) is 13.8. The second-order valence-corrected chi connectivity index (χ2v) is 14.2. The van der Waals surface area contributed by atoms with E-state index in [1.54, 1.807) is 30.3 Å². The Morgan fingerprint density at radius 3 is 1.34 bits per heavy atom. The van der Waals surface area contributed by atoms with Crippen LogP contribution in [0.5, 0.6) is 0 Å². The lowest BCUT2D eigenvalue weighted by molar-refractivity contribution is -0.135. The smallest absolute Gasteiger partial charge is 0.245 e. The van der Waals surface area contributed by atoms with Gasteiger partial charge in [-0.15, -0.1) is 0 Å². The Morgan fingerprint density at radius 2 is 0.951 bits per heavy atom. The first-order valence-corrected chi connectivity index (χ1v) is 20.0. The average molecular weight is 879 g/mol. The zero-order valence-corrected chi connectivity index (χ0v) is 35.2. The number of thiol groups is 1. The molecule has 0 saturated carbocycles. The topological polar surface area (TPSA) is 431 Å². The number of guanidine groups is 3. The molecule has 24 nitrogen and oxygen atoms in total. The van der Waals surface area contributed by atoms with Gasteiger partial charge in [-0.1, -0.05) is 30.3 Å². The van der Waals surface area contributed by atoms with Crippen molar-refractivity contribution in [3.63, 3.8) is 0 Å². The summed E-state index contributed by atoms with van der Waals surface area (Å²) in [6.07, 6.45) is -0.760. The molecule has 0 spiro atoms. The highest BCUT2D eigenvalue weighted by molar-refractivity contribution is 7.80. The van der Waals surface area contributed by atoms with Gasteiger partial charge in [0, 0.05) is 38.7 Å². The molecule has 21 N–H and O–H groups in total. The van der Waals surface area contributed by atoms with E-state index < -0.39 is 83.7 Å². The molecule has 7 atom stereocenters. The number of benzene rings is 1. The number of carbonyl (C=O) groups excluding carboxylic acids is 7. The van der Waals surface area contributed by atoms with Crippen molar-refractivity contribution < 1.29 is 38.7 Å². The maximum atomic E-state index is 13.9. The molecule has 0 saturated heterocycles. The molecule has 25 heteroatoms. The van der Waals surface area contributed by atoms with Gasteiger partial charge in [-0.3, -0.25) is 48.5 Å². The minimum Gasteiger partial charge on any atom is -0.391 e. The molecule has 7 amide bonds. The maximum absolute atomic E-state index is 13.9. The van der Waals surface area contributed by atoms with E-state index in [-0.39, 0.29) is 88.2 Å². The van der Waals surface area contributed by atoms with E-state index in [4.69, 9.17) is 40.1 Å². The number of primary amides is 1. The van der Waals surface area contributed by atoms with Crippen LogP contribution in [0.4, 0.5) is 0 Å². The van der Waals surface area contributed by atoms with E-state index in [9.17, 15) is 38.7 Å². The number of aliphatic imine (C=N–C) groups is 3. The van der Waals surface area contributed by atoms with E-state index in [0.717, 1.165) is 6.92 Å². The van der Waals surface area contributed by atoms with Gasteiger partial charge >= 0.3 is 0 Å². The number of nitrogens with one attached hydrogen (secondary N) is 6. The summed E-state index contributed by atoms with van der Waals surface area (Å²) in [6.45, 7) is 2.74. The number of nitrogens with zero attached hydrogens (tertiary/aromatic N) is 3. The quantitative estimate of drug-likeness (QED) is 0.0161. The third-order valence-corrected chi connectivity index (χ3v) is 8.98. The van der Waals surface area contributed by atoms with E-state index in [1.165, 1.54) is 6.92 Å². The normalized spacial score (nSPS) is 14.1. The van der Waals surface area contributed by atoms with Crippen LogP contribution in [-0.4, -0.2) is 132 Å². The van der Waals surface area contributed by atoms with Crippen LogP contribution in [0.1, 0.15) is 57.9 Å². The minimum atomic E-state index is -1.40. The molecule has 0 aliphatic heterocycles. The summed E-state index contributed by atoms with van der Waals surface area (Å²) >= 11 is 4.25. The molecule has 0 aromatic heterocycles. The van der Waals surface area contributed by atoms with Gasteiger partial charge in [0.25, 0.3) is 0 Å². The first-order chi connectivity index (χ1) is 28.7. The Hall–Kier alpha value is -6.37. The molecular weight excluding hydrogens is 817 g/mol. The van der Waals surface area contributed by atoms with E-state index in [2.05, 4.69) is 59.5 Å². The number of carbonyl (C=O) groups is 7. The van der Waals surface area contributed by atoms with Crippen molar-refractivity contribution in [3.8, 4) is 0 Å². The lowest BCUT2D eigenvalue weighted by Crippen LogP contribution is -2.61. The Labute approximate surface area is 359 Å². The van der Waals surface area contributed by atoms with Gasteiger partial charge in [0.05, 0.1) is 6.10 Å². The highest BCUT2D eigenvalue weighted by atomic mass is 32.1. The third kappa shape index (κ3) is 22.0. The molecule has 1 rings (SSSR count). The van der Waals surface area contributed by atoms with Gasteiger partial charge in [-0.25, -0.2) is 0 Å². The number of hydrogen-bond donors (Lipinski definition) is 15. The zero-order valence-electron chi connectivity index (χ0n) is 34.3. The third-order valence-electron chi connectivity index (χ3n) is 8.62. The van der Waals surface area contributed by atoms with Crippen LogP contribution in [0.2, 0.25) is 0 Å². The first kappa shape index (κ1) is 52.6. The van der Waals surface area contributed by atoms with Gasteiger partial charge in [0.2, 0.25) is 41.4 Å². The number of hydrogen-bond acceptors (Lipinski definition) is 12. The van der Waals surface area contributed by atoms with Crippen molar-refractivity contribution in [1.82, 2.24) is 31.9 Å². The van der Waals surface area contributed by atoms with Gasteiger partial charge in [-0.2, -0.15) is 12.6 Å². The number of nitrogens with two attached hydrogens (primary N) is 7. The average Bonchev–Trinajstić information content (AvgIpc) is 3.18. The van der Waals surface area contributed by atoms with Crippen molar-refractivity contribution in [3.05, 3.63) is 35.9 Å². The van der Waals surface area contributed by atoms with Crippen molar-refractivity contribution in [2.45, 2.75) is 101 Å². The van der Waals surface area contributed by atoms with Crippen LogP contribution in [0.3, 0.4) is 0 Å². The molecule has 0 aliphatic carbocycles. The predicted octanol–water partition coefficient (Wildman–Crippen LogP) is -5.89. The number of rotatable bonds is 28. The van der Waals surface area contributed by atoms with E-state index >= 15 is 0 Å². The molecule has 0 aliphatic rings. The molecule has 61 heavy (non-hydrogen) atoms. The van der Waals surface area contributed by atoms with E-state index in [0.29, 0.717) is 5.56 Å². The zero-order chi connectivity index (χ0) is 46.1. The Balaban J connectivity index is 3.39. The molecule has 0 unspecified atom stereocenters. The molecule has 0 fully saturated rings. The number of aliphatic hydroxyl groups excluding tert-OH is 1. The van der Waals surface area contributed by atoms with Gasteiger partial charge < -0.3 is 77.1 Å². The fourth-order valence-electron chi connectivity index (χ4n) is 5.56. The summed E-state index contributed by atoms with van der Waals surface area (Å²) in [7, 11) is 0. The Bertz CT molecular complexity index is 1700. The van der Waals surface area contributed by atoms with Crippen molar-refractivity contribution in [2.75, 3.05) is 25.4 Å². The Morgan fingerprint density at radius 1 is 0.574 bits per heavy atom. The van der Waals surface area contributed by atoms with Crippen LogP contribution in [0.15, 0.2) is 45.3 Å². The summed E-state index contributed by atoms with van der Waals surface area (Å²) in [6, 6.07) is 0.717. The number of aliphatic hydroxyl groups is 1.